The third-order valence-electron chi connectivity index (χ3n) is 4.07. The van der Waals surface area contributed by atoms with Gasteiger partial charge in [0.1, 0.15) is 6.04 Å². The van der Waals surface area contributed by atoms with Gasteiger partial charge in [-0.2, -0.15) is 0 Å². The maximum absolute atomic E-state index is 12.3. The summed E-state index contributed by atoms with van der Waals surface area (Å²) in [6.07, 6.45) is 3.81. The molecule has 0 bridgehead atoms. The smallest absolute Gasteiger partial charge is 0.326 e. The number of nitrogens with zero attached hydrogens (tertiary/aromatic N) is 1. The lowest BCUT2D eigenvalue weighted by Gasteiger charge is -2.38. The Morgan fingerprint density at radius 2 is 2.05 bits per heavy atom. The first-order valence-electron chi connectivity index (χ1n) is 7.33. The predicted octanol–water partition coefficient (Wildman–Crippen LogP) is 1.59. The summed E-state index contributed by atoms with van der Waals surface area (Å²) in [4.78, 5) is 25.0. The van der Waals surface area contributed by atoms with Crippen molar-refractivity contribution in [3.05, 3.63) is 0 Å². The van der Waals surface area contributed by atoms with E-state index in [2.05, 4.69) is 5.32 Å². The summed E-state index contributed by atoms with van der Waals surface area (Å²) >= 11 is 0. The van der Waals surface area contributed by atoms with Gasteiger partial charge in [-0.1, -0.05) is 0 Å². The van der Waals surface area contributed by atoms with E-state index < -0.39 is 12.0 Å². The Bertz CT molecular complexity index is 383. The average Bonchev–Trinajstić information content (AvgIpc) is 2.37. The lowest BCUT2D eigenvalue weighted by Crippen LogP contribution is -2.55. The van der Waals surface area contributed by atoms with Gasteiger partial charge in [0.05, 0.1) is 5.60 Å². The molecule has 0 radical (unpaired) electrons. The first-order chi connectivity index (χ1) is 9.39. The van der Waals surface area contributed by atoms with Gasteiger partial charge in [0, 0.05) is 19.2 Å². The van der Waals surface area contributed by atoms with Crippen molar-refractivity contribution in [2.24, 2.45) is 0 Å². The van der Waals surface area contributed by atoms with E-state index in [4.69, 9.17) is 4.74 Å². The van der Waals surface area contributed by atoms with Gasteiger partial charge >= 0.3 is 12.0 Å². The quantitative estimate of drug-likeness (QED) is 0.807. The van der Waals surface area contributed by atoms with Crippen LogP contribution in [-0.2, 0) is 9.53 Å². The number of ether oxygens (including phenoxy) is 1. The van der Waals surface area contributed by atoms with Crippen LogP contribution >= 0.6 is 0 Å². The zero-order valence-electron chi connectivity index (χ0n) is 12.2. The van der Waals surface area contributed by atoms with E-state index in [9.17, 15) is 14.7 Å². The van der Waals surface area contributed by atoms with Gasteiger partial charge in [0.2, 0.25) is 0 Å². The fraction of sp³-hybridized carbons (Fsp3) is 0.857. The SMILES string of the molecule is CC1(C)CC(NC(=O)N2CCCCC2C(=O)O)CCO1. The summed E-state index contributed by atoms with van der Waals surface area (Å²) in [7, 11) is 0. The van der Waals surface area contributed by atoms with Gasteiger partial charge in [-0.15, -0.1) is 0 Å². The van der Waals surface area contributed by atoms with Gasteiger partial charge in [0.15, 0.2) is 0 Å². The van der Waals surface area contributed by atoms with Crippen LogP contribution in [0.15, 0.2) is 0 Å². The number of amides is 2. The molecule has 2 rings (SSSR count). The van der Waals surface area contributed by atoms with Crippen LogP contribution in [0.5, 0.6) is 0 Å². The van der Waals surface area contributed by atoms with Crippen molar-refractivity contribution in [1.29, 1.82) is 0 Å². The third kappa shape index (κ3) is 3.62. The van der Waals surface area contributed by atoms with Crippen molar-refractivity contribution in [2.75, 3.05) is 13.2 Å². The molecule has 0 saturated carbocycles. The summed E-state index contributed by atoms with van der Waals surface area (Å²) in [5, 5.41) is 12.2. The Balaban J connectivity index is 1.94. The van der Waals surface area contributed by atoms with Crippen LogP contribution in [-0.4, -0.2) is 52.8 Å². The highest BCUT2D eigenvalue weighted by atomic mass is 16.5. The molecule has 0 aliphatic carbocycles. The first-order valence-corrected chi connectivity index (χ1v) is 7.33. The van der Waals surface area contributed by atoms with Gasteiger partial charge in [-0.25, -0.2) is 9.59 Å². The van der Waals surface area contributed by atoms with Crippen molar-refractivity contribution in [2.45, 2.75) is 63.6 Å². The van der Waals surface area contributed by atoms with E-state index in [1.807, 2.05) is 13.8 Å². The Kier molecular flexibility index (Phi) is 4.52. The molecule has 2 aliphatic heterocycles. The molecular formula is C14H24N2O4. The lowest BCUT2D eigenvalue weighted by atomic mass is 9.94. The minimum absolute atomic E-state index is 0.0580. The van der Waals surface area contributed by atoms with Crippen molar-refractivity contribution in [1.82, 2.24) is 10.2 Å². The second-order valence-electron chi connectivity index (χ2n) is 6.29. The summed E-state index contributed by atoms with van der Waals surface area (Å²) in [5.41, 5.74) is -0.232. The fourth-order valence-electron chi connectivity index (χ4n) is 3.04. The number of rotatable bonds is 2. The maximum Gasteiger partial charge on any atom is 0.326 e. The van der Waals surface area contributed by atoms with Crippen LogP contribution in [0, 0.1) is 0 Å². The molecule has 20 heavy (non-hydrogen) atoms. The Morgan fingerprint density at radius 1 is 1.30 bits per heavy atom. The molecule has 0 aromatic carbocycles. The molecular weight excluding hydrogens is 260 g/mol. The maximum atomic E-state index is 12.3. The molecule has 2 N–H and O–H groups in total. The van der Waals surface area contributed by atoms with Crippen LogP contribution in [0.3, 0.4) is 0 Å². The molecule has 0 spiro atoms. The Morgan fingerprint density at radius 3 is 2.70 bits per heavy atom. The van der Waals surface area contributed by atoms with E-state index in [1.54, 1.807) is 0 Å². The van der Waals surface area contributed by atoms with Gasteiger partial charge in [0.25, 0.3) is 0 Å². The number of nitrogens with one attached hydrogen (secondary N) is 1. The molecule has 0 aromatic rings. The van der Waals surface area contributed by atoms with Crippen molar-refractivity contribution < 1.29 is 19.4 Å². The van der Waals surface area contributed by atoms with Crippen LogP contribution in [0.2, 0.25) is 0 Å². The molecule has 2 amide bonds. The first kappa shape index (κ1) is 15.1. The molecule has 0 aromatic heterocycles. The minimum Gasteiger partial charge on any atom is -0.480 e. The number of urea groups is 1. The van der Waals surface area contributed by atoms with E-state index in [1.165, 1.54) is 4.90 Å². The number of carboxylic acid groups (broad SMARTS) is 1. The predicted molar refractivity (Wildman–Crippen MR) is 73.6 cm³/mol. The second kappa shape index (κ2) is 5.99. The second-order valence-corrected chi connectivity index (χ2v) is 6.29. The summed E-state index contributed by atoms with van der Waals surface area (Å²) in [6.45, 7) is 5.16. The number of carboxylic acids is 1. The Labute approximate surface area is 119 Å². The minimum atomic E-state index is -0.910. The third-order valence-corrected chi connectivity index (χ3v) is 4.07. The number of aliphatic carboxylic acids is 1. The average molecular weight is 284 g/mol. The number of carbonyl (C=O) groups excluding carboxylic acids is 1. The summed E-state index contributed by atoms with van der Waals surface area (Å²) in [6, 6.07) is -0.876. The molecule has 2 saturated heterocycles. The van der Waals surface area contributed by atoms with E-state index in [0.29, 0.717) is 19.6 Å². The molecule has 6 nitrogen and oxygen atoms in total. The molecule has 2 heterocycles. The van der Waals surface area contributed by atoms with Crippen molar-refractivity contribution >= 4 is 12.0 Å². The van der Waals surface area contributed by atoms with Gasteiger partial charge in [-0.05, 0) is 46.0 Å². The molecule has 2 aliphatic rings. The normalized spacial score (nSPS) is 29.8. The zero-order chi connectivity index (χ0) is 14.8. The number of piperidine rings is 1. The molecule has 2 atom stereocenters. The number of carbonyl (C=O) groups is 2. The monoisotopic (exact) mass is 284 g/mol. The Hall–Kier alpha value is -1.30. The largest absolute Gasteiger partial charge is 0.480 e. The molecule has 6 heteroatoms. The molecule has 114 valence electrons. The topological polar surface area (TPSA) is 78.9 Å². The van der Waals surface area contributed by atoms with E-state index in [0.717, 1.165) is 25.7 Å². The number of hydrogen-bond acceptors (Lipinski definition) is 3. The zero-order valence-corrected chi connectivity index (χ0v) is 12.2. The molecule has 2 fully saturated rings. The van der Waals surface area contributed by atoms with Crippen molar-refractivity contribution in [3.8, 4) is 0 Å². The van der Waals surface area contributed by atoms with Crippen LogP contribution in [0.25, 0.3) is 0 Å². The van der Waals surface area contributed by atoms with Crippen LogP contribution < -0.4 is 5.32 Å². The number of hydrogen-bond donors (Lipinski definition) is 2. The highest BCUT2D eigenvalue weighted by molar-refractivity contribution is 5.83. The fourth-order valence-corrected chi connectivity index (χ4v) is 3.04. The van der Waals surface area contributed by atoms with Gasteiger partial charge < -0.3 is 20.1 Å². The van der Waals surface area contributed by atoms with Crippen LogP contribution in [0.1, 0.15) is 46.0 Å². The summed E-state index contributed by atoms with van der Waals surface area (Å²) < 4.78 is 5.62. The van der Waals surface area contributed by atoms with E-state index >= 15 is 0 Å². The van der Waals surface area contributed by atoms with Gasteiger partial charge in [-0.3, -0.25) is 0 Å². The standard InChI is InChI=1S/C14H24N2O4/c1-14(2)9-10(6-8-20-14)15-13(19)16-7-4-3-5-11(16)12(17)18/h10-11H,3-9H2,1-2H3,(H,15,19)(H,17,18). The lowest BCUT2D eigenvalue weighted by molar-refractivity contribution is -0.143. The molecule has 2 unspecified atom stereocenters. The highest BCUT2D eigenvalue weighted by Gasteiger charge is 2.35. The highest BCUT2D eigenvalue weighted by Crippen LogP contribution is 2.24. The summed E-state index contributed by atoms with van der Waals surface area (Å²) in [5.74, 6) is -0.910. The van der Waals surface area contributed by atoms with Crippen molar-refractivity contribution in [3.63, 3.8) is 0 Å². The van der Waals surface area contributed by atoms with E-state index in [-0.39, 0.29) is 17.7 Å². The van der Waals surface area contributed by atoms with Crippen LogP contribution in [0.4, 0.5) is 4.79 Å². The number of likely N-dealkylation sites (tertiary alicyclic amines) is 1.